The predicted molar refractivity (Wildman–Crippen MR) is 108 cm³/mol. The van der Waals surface area contributed by atoms with Gasteiger partial charge in [-0.15, -0.1) is 0 Å². The van der Waals surface area contributed by atoms with Crippen molar-refractivity contribution >= 4 is 21.8 Å². The molecule has 0 spiro atoms. The molecule has 2 aliphatic heterocycles. The maximum Gasteiger partial charge on any atom is 0.407 e. The number of likely N-dealkylation sites (N-methyl/N-ethyl adjacent to an activating group) is 1. The van der Waals surface area contributed by atoms with Crippen molar-refractivity contribution in [3.8, 4) is 0 Å². The van der Waals surface area contributed by atoms with Crippen molar-refractivity contribution in [1.29, 1.82) is 0 Å². The Morgan fingerprint density at radius 1 is 1.21 bits per heavy atom. The van der Waals surface area contributed by atoms with E-state index in [1.165, 1.54) is 0 Å². The number of hydrogen-bond donors (Lipinski definition) is 1. The molecule has 2 atom stereocenters. The summed E-state index contributed by atoms with van der Waals surface area (Å²) in [6.07, 6.45) is 3.05. The molecule has 0 aromatic heterocycles. The standard InChI is InChI=1S/C19H35N3O5S/c1-5-22(16-9-11-28(25,26)14-16)17(23)13-21-10-7-6-8-15(21)12-20-18(24)27-19(2,3)4/h15-16H,5-14H2,1-4H3,(H,20,24). The van der Waals surface area contributed by atoms with Crippen LogP contribution in [0.15, 0.2) is 0 Å². The molecule has 9 heteroatoms. The molecule has 2 amide bonds. The van der Waals surface area contributed by atoms with Crippen LogP contribution >= 0.6 is 0 Å². The zero-order valence-corrected chi connectivity index (χ0v) is 18.4. The van der Waals surface area contributed by atoms with Gasteiger partial charge in [0.1, 0.15) is 5.60 Å². The Hall–Kier alpha value is -1.35. The summed E-state index contributed by atoms with van der Waals surface area (Å²) in [7, 11) is -3.03. The first-order valence-electron chi connectivity index (χ1n) is 10.2. The van der Waals surface area contributed by atoms with E-state index in [0.717, 1.165) is 25.8 Å². The number of sulfone groups is 1. The molecular weight excluding hydrogens is 382 g/mol. The van der Waals surface area contributed by atoms with Crippen molar-refractivity contribution in [1.82, 2.24) is 15.1 Å². The normalized spacial score (nSPS) is 25.3. The van der Waals surface area contributed by atoms with Gasteiger partial charge in [0.05, 0.1) is 18.1 Å². The number of carbonyl (C=O) groups excluding carboxylic acids is 2. The molecule has 2 fully saturated rings. The highest BCUT2D eigenvalue weighted by Crippen LogP contribution is 2.20. The lowest BCUT2D eigenvalue weighted by atomic mass is 10.0. The van der Waals surface area contributed by atoms with Crippen LogP contribution in [0.1, 0.15) is 53.4 Å². The van der Waals surface area contributed by atoms with Crippen molar-refractivity contribution in [2.45, 2.75) is 71.1 Å². The van der Waals surface area contributed by atoms with Gasteiger partial charge in [-0.1, -0.05) is 6.42 Å². The average molecular weight is 418 g/mol. The summed E-state index contributed by atoms with van der Waals surface area (Å²) in [5.74, 6) is 0.192. The Balaban J connectivity index is 1.92. The van der Waals surface area contributed by atoms with Crippen LogP contribution in [0, 0.1) is 0 Å². The number of likely N-dealkylation sites (tertiary alicyclic amines) is 1. The summed E-state index contributed by atoms with van der Waals surface area (Å²) in [6, 6.07) is -0.137. The van der Waals surface area contributed by atoms with Crippen LogP contribution in [0.25, 0.3) is 0 Å². The Morgan fingerprint density at radius 3 is 2.50 bits per heavy atom. The Labute approximate surface area is 168 Å². The predicted octanol–water partition coefficient (Wildman–Crippen LogP) is 1.40. The highest BCUT2D eigenvalue weighted by Gasteiger charge is 2.35. The third-order valence-electron chi connectivity index (χ3n) is 5.28. The van der Waals surface area contributed by atoms with Crippen LogP contribution < -0.4 is 5.32 Å². The van der Waals surface area contributed by atoms with Gasteiger partial charge < -0.3 is 15.0 Å². The smallest absolute Gasteiger partial charge is 0.407 e. The fourth-order valence-corrected chi connectivity index (χ4v) is 5.67. The minimum atomic E-state index is -3.03. The van der Waals surface area contributed by atoms with E-state index < -0.39 is 21.5 Å². The lowest BCUT2D eigenvalue weighted by Crippen LogP contribution is -2.52. The lowest BCUT2D eigenvalue weighted by Gasteiger charge is -2.37. The van der Waals surface area contributed by atoms with E-state index in [-0.39, 0.29) is 36.0 Å². The molecule has 2 saturated heterocycles. The van der Waals surface area contributed by atoms with Gasteiger partial charge in [-0.05, 0) is 53.5 Å². The minimum absolute atomic E-state index is 0.0335. The molecule has 0 aliphatic carbocycles. The maximum atomic E-state index is 12.9. The highest BCUT2D eigenvalue weighted by molar-refractivity contribution is 7.91. The number of amides is 2. The summed E-state index contributed by atoms with van der Waals surface area (Å²) >= 11 is 0. The Bertz CT molecular complexity index is 659. The summed E-state index contributed by atoms with van der Waals surface area (Å²) in [5.41, 5.74) is -0.546. The van der Waals surface area contributed by atoms with Gasteiger partial charge in [-0.3, -0.25) is 9.69 Å². The second kappa shape index (κ2) is 9.43. The molecule has 1 N–H and O–H groups in total. The monoisotopic (exact) mass is 417 g/mol. The molecule has 0 radical (unpaired) electrons. The van der Waals surface area contributed by atoms with Crippen LogP contribution in [0.2, 0.25) is 0 Å². The van der Waals surface area contributed by atoms with Gasteiger partial charge in [0.25, 0.3) is 0 Å². The molecule has 28 heavy (non-hydrogen) atoms. The first-order chi connectivity index (χ1) is 13.0. The zero-order chi connectivity index (χ0) is 20.9. The third kappa shape index (κ3) is 6.92. The van der Waals surface area contributed by atoms with E-state index in [9.17, 15) is 18.0 Å². The summed E-state index contributed by atoms with van der Waals surface area (Å²) < 4.78 is 28.8. The van der Waals surface area contributed by atoms with Gasteiger partial charge in [-0.25, -0.2) is 13.2 Å². The second-order valence-corrected chi connectivity index (χ2v) is 11.0. The first-order valence-corrected chi connectivity index (χ1v) is 12.0. The molecule has 8 nitrogen and oxygen atoms in total. The van der Waals surface area contributed by atoms with Gasteiger partial charge in [0.15, 0.2) is 9.84 Å². The molecule has 0 aromatic rings. The number of ether oxygens (including phenoxy) is 1. The third-order valence-corrected chi connectivity index (χ3v) is 7.03. The van der Waals surface area contributed by atoms with E-state index >= 15 is 0 Å². The van der Waals surface area contributed by atoms with Crippen LogP contribution in [0.4, 0.5) is 4.79 Å². The van der Waals surface area contributed by atoms with E-state index in [1.54, 1.807) is 4.90 Å². The molecule has 0 bridgehead atoms. The van der Waals surface area contributed by atoms with E-state index in [2.05, 4.69) is 10.2 Å². The average Bonchev–Trinajstić information content (AvgIpc) is 2.93. The van der Waals surface area contributed by atoms with E-state index in [1.807, 2.05) is 27.7 Å². The molecule has 162 valence electrons. The molecule has 2 aliphatic rings. The number of rotatable bonds is 6. The number of hydrogen-bond acceptors (Lipinski definition) is 6. The highest BCUT2D eigenvalue weighted by atomic mass is 32.2. The Morgan fingerprint density at radius 2 is 1.93 bits per heavy atom. The van der Waals surface area contributed by atoms with Crippen molar-refractivity contribution in [2.75, 3.05) is 37.7 Å². The molecule has 2 heterocycles. The molecular formula is C19H35N3O5S. The number of piperidine rings is 1. The largest absolute Gasteiger partial charge is 0.444 e. The fraction of sp³-hybridized carbons (Fsp3) is 0.895. The summed E-state index contributed by atoms with van der Waals surface area (Å²) in [4.78, 5) is 28.6. The van der Waals surface area contributed by atoms with Crippen LogP contribution in [0.3, 0.4) is 0 Å². The maximum absolute atomic E-state index is 12.9. The van der Waals surface area contributed by atoms with Crippen LogP contribution in [-0.4, -0.2) is 85.6 Å². The molecule has 2 unspecified atom stereocenters. The van der Waals surface area contributed by atoms with Gasteiger partial charge in [0.2, 0.25) is 5.91 Å². The SMILES string of the molecule is CCN(C(=O)CN1CCCCC1CNC(=O)OC(C)(C)C)C1CCS(=O)(=O)C1. The Kier molecular flexibility index (Phi) is 7.73. The quantitative estimate of drug-likeness (QED) is 0.702. The summed E-state index contributed by atoms with van der Waals surface area (Å²) in [6.45, 7) is 9.35. The van der Waals surface area contributed by atoms with E-state index in [4.69, 9.17) is 4.74 Å². The zero-order valence-electron chi connectivity index (χ0n) is 17.6. The number of alkyl carbamates (subject to hydrolysis) is 1. The van der Waals surface area contributed by atoms with Gasteiger partial charge >= 0.3 is 6.09 Å². The molecule has 2 rings (SSSR count). The lowest BCUT2D eigenvalue weighted by molar-refractivity contribution is -0.135. The van der Waals surface area contributed by atoms with Crippen molar-refractivity contribution in [3.05, 3.63) is 0 Å². The van der Waals surface area contributed by atoms with Crippen LogP contribution in [-0.2, 0) is 19.4 Å². The fourth-order valence-electron chi connectivity index (χ4n) is 3.94. The summed E-state index contributed by atoms with van der Waals surface area (Å²) in [5, 5.41) is 2.81. The molecule has 0 aromatic carbocycles. The number of nitrogens with one attached hydrogen (secondary N) is 1. The minimum Gasteiger partial charge on any atom is -0.444 e. The van der Waals surface area contributed by atoms with Crippen LogP contribution in [0.5, 0.6) is 0 Å². The van der Waals surface area contributed by atoms with Gasteiger partial charge in [-0.2, -0.15) is 0 Å². The number of nitrogens with zero attached hydrogens (tertiary/aromatic N) is 2. The van der Waals surface area contributed by atoms with Crippen molar-refractivity contribution < 1.29 is 22.7 Å². The van der Waals surface area contributed by atoms with Crippen molar-refractivity contribution in [3.63, 3.8) is 0 Å². The van der Waals surface area contributed by atoms with Gasteiger partial charge in [0, 0.05) is 25.2 Å². The first kappa shape index (κ1) is 22.9. The van der Waals surface area contributed by atoms with E-state index in [0.29, 0.717) is 19.5 Å². The second-order valence-electron chi connectivity index (χ2n) is 8.74. The van der Waals surface area contributed by atoms with Crippen molar-refractivity contribution in [2.24, 2.45) is 0 Å². The number of carbonyl (C=O) groups is 2. The topological polar surface area (TPSA) is 96.0 Å². The molecule has 0 saturated carbocycles.